The lowest BCUT2D eigenvalue weighted by atomic mass is 9.82. The summed E-state index contributed by atoms with van der Waals surface area (Å²) >= 11 is 0. The average Bonchev–Trinajstić information content (AvgIpc) is 2.88. The van der Waals surface area contributed by atoms with E-state index in [1.165, 1.54) is 50.6 Å². The minimum atomic E-state index is -0.635. The number of hydrogen-bond donors (Lipinski definition) is 3. The van der Waals surface area contributed by atoms with Crippen LogP contribution in [0.3, 0.4) is 0 Å². The molecule has 2 unspecified atom stereocenters. The van der Waals surface area contributed by atoms with Crippen molar-refractivity contribution < 1.29 is 33.0 Å². The second-order valence-corrected chi connectivity index (χ2v) is 8.52. The summed E-state index contributed by atoms with van der Waals surface area (Å²) in [6.45, 7) is -0.406. The molecule has 3 N–H and O–H groups in total. The van der Waals surface area contributed by atoms with Crippen molar-refractivity contribution in [3.63, 3.8) is 0 Å². The summed E-state index contributed by atoms with van der Waals surface area (Å²) in [7, 11) is 2.75. The largest absolute Gasteiger partial charge is 0.493 e. The molecule has 1 saturated carbocycles. The number of methoxy groups -OCH3 is 2. The summed E-state index contributed by atoms with van der Waals surface area (Å²) in [5, 5.41) is 14.0. The van der Waals surface area contributed by atoms with E-state index < -0.39 is 30.3 Å². The van der Waals surface area contributed by atoms with Crippen LogP contribution >= 0.6 is 0 Å². The average molecular weight is 499 g/mol. The Hall–Kier alpha value is -4.15. The number of urea groups is 1. The zero-order chi connectivity index (χ0) is 25.8. The molecular formula is C25H27FN4O6. The summed E-state index contributed by atoms with van der Waals surface area (Å²) < 4.78 is 29.5. The van der Waals surface area contributed by atoms with Crippen LogP contribution in [-0.4, -0.2) is 55.4 Å². The van der Waals surface area contributed by atoms with E-state index in [2.05, 4.69) is 10.6 Å². The molecule has 2 aromatic rings. The van der Waals surface area contributed by atoms with Gasteiger partial charge < -0.3 is 24.8 Å². The van der Waals surface area contributed by atoms with Gasteiger partial charge in [-0.1, -0.05) is 12.8 Å². The van der Waals surface area contributed by atoms with Gasteiger partial charge in [0.1, 0.15) is 11.7 Å². The monoisotopic (exact) mass is 498 g/mol. The number of nitrogens with one attached hydrogen (secondary N) is 3. The van der Waals surface area contributed by atoms with E-state index in [-0.39, 0.29) is 40.6 Å². The van der Waals surface area contributed by atoms with Gasteiger partial charge in [-0.05, 0) is 49.2 Å². The van der Waals surface area contributed by atoms with Gasteiger partial charge in [0, 0.05) is 17.3 Å². The lowest BCUT2D eigenvalue weighted by Gasteiger charge is -2.39. The number of amides is 4. The third-order valence-corrected chi connectivity index (χ3v) is 6.25. The zero-order valence-electron chi connectivity index (χ0n) is 19.9. The molecule has 1 heterocycles. The number of ether oxygens (including phenoxy) is 3. The highest BCUT2D eigenvalue weighted by molar-refractivity contribution is 6.19. The van der Waals surface area contributed by atoms with E-state index in [1.54, 1.807) is 0 Å². The first-order chi connectivity index (χ1) is 17.3. The third-order valence-electron chi connectivity index (χ3n) is 6.25. The molecule has 11 heteroatoms. The standard InChI is InChI=1S/C25H27FN4O6/c1-34-19-11-14(23(27)30-24(32)17-5-3-4-6-18(17)29-25(30)33)12-20(35-2)22(19)36-13-21(31)28-16-9-7-15(26)8-10-16/h7-12,17-18,27H,3-6,13H2,1-2H3,(H,28,31)(H,29,33). The van der Waals surface area contributed by atoms with Crippen LogP contribution < -0.4 is 24.8 Å². The first-order valence-corrected chi connectivity index (χ1v) is 11.5. The van der Waals surface area contributed by atoms with E-state index >= 15 is 0 Å². The van der Waals surface area contributed by atoms with Gasteiger partial charge in [0.2, 0.25) is 11.7 Å². The SMILES string of the molecule is COc1cc(C(=N)N2C(=O)NC3CCCCC3C2=O)cc(OC)c1OCC(=O)Nc1ccc(F)cc1. The van der Waals surface area contributed by atoms with Gasteiger partial charge in [-0.2, -0.15) is 0 Å². The lowest BCUT2D eigenvalue weighted by molar-refractivity contribution is -0.132. The third kappa shape index (κ3) is 5.09. The van der Waals surface area contributed by atoms with Crippen molar-refractivity contribution in [2.24, 2.45) is 5.92 Å². The molecular weight excluding hydrogens is 471 g/mol. The minimum absolute atomic E-state index is 0.104. The zero-order valence-corrected chi connectivity index (χ0v) is 19.9. The first-order valence-electron chi connectivity index (χ1n) is 11.5. The van der Waals surface area contributed by atoms with Gasteiger partial charge in [-0.3, -0.25) is 15.0 Å². The topological polar surface area (TPSA) is 130 Å². The molecule has 0 aromatic heterocycles. The Labute approximate surface area is 207 Å². The van der Waals surface area contributed by atoms with Crippen molar-refractivity contribution in [2.75, 3.05) is 26.1 Å². The molecule has 2 atom stereocenters. The number of benzene rings is 2. The number of carbonyl (C=O) groups excluding carboxylic acids is 3. The van der Waals surface area contributed by atoms with E-state index in [4.69, 9.17) is 19.6 Å². The fourth-order valence-corrected chi connectivity index (χ4v) is 4.46. The number of hydrogen-bond acceptors (Lipinski definition) is 7. The van der Waals surface area contributed by atoms with Crippen LogP contribution in [0, 0.1) is 17.1 Å². The second-order valence-electron chi connectivity index (χ2n) is 8.52. The predicted molar refractivity (Wildman–Crippen MR) is 128 cm³/mol. The van der Waals surface area contributed by atoms with Crippen LogP contribution in [0.2, 0.25) is 0 Å². The quantitative estimate of drug-likeness (QED) is 0.397. The number of carbonyl (C=O) groups is 3. The molecule has 2 aliphatic rings. The maximum Gasteiger partial charge on any atom is 0.330 e. The van der Waals surface area contributed by atoms with Crippen molar-refractivity contribution in [3.05, 3.63) is 47.8 Å². The molecule has 0 radical (unpaired) electrons. The van der Waals surface area contributed by atoms with Crippen molar-refractivity contribution in [3.8, 4) is 17.2 Å². The molecule has 4 amide bonds. The molecule has 0 bridgehead atoms. The van der Waals surface area contributed by atoms with Gasteiger partial charge in [0.25, 0.3) is 5.91 Å². The number of halogens is 1. The summed E-state index contributed by atoms with van der Waals surface area (Å²) in [6, 6.07) is 7.31. The molecule has 36 heavy (non-hydrogen) atoms. The lowest BCUT2D eigenvalue weighted by Crippen LogP contribution is -2.62. The van der Waals surface area contributed by atoms with Crippen molar-refractivity contribution in [1.82, 2.24) is 10.2 Å². The van der Waals surface area contributed by atoms with E-state index in [1.807, 2.05) is 0 Å². The molecule has 1 aliphatic heterocycles. The molecule has 2 fully saturated rings. The summed E-state index contributed by atoms with van der Waals surface area (Å²) in [5.41, 5.74) is 0.599. The van der Waals surface area contributed by atoms with Crippen LogP contribution in [0.5, 0.6) is 17.2 Å². The predicted octanol–water partition coefficient (Wildman–Crippen LogP) is 3.30. The van der Waals surface area contributed by atoms with Crippen molar-refractivity contribution in [2.45, 2.75) is 31.7 Å². The van der Waals surface area contributed by atoms with Crippen LogP contribution in [-0.2, 0) is 9.59 Å². The summed E-state index contributed by atoms with van der Waals surface area (Å²) in [5.74, 6) is -1.61. The normalized spacial score (nSPS) is 19.1. The van der Waals surface area contributed by atoms with E-state index in [0.29, 0.717) is 12.1 Å². The minimum Gasteiger partial charge on any atom is -0.493 e. The number of amidine groups is 1. The summed E-state index contributed by atoms with van der Waals surface area (Å²) in [4.78, 5) is 38.9. The Morgan fingerprint density at radius 3 is 2.39 bits per heavy atom. The molecule has 0 spiro atoms. The Balaban J connectivity index is 1.52. The van der Waals surface area contributed by atoms with E-state index in [0.717, 1.165) is 24.2 Å². The first kappa shape index (κ1) is 25.0. The smallest absolute Gasteiger partial charge is 0.330 e. The number of imide groups is 1. The Morgan fingerprint density at radius 2 is 1.75 bits per heavy atom. The van der Waals surface area contributed by atoms with Crippen molar-refractivity contribution >= 4 is 29.4 Å². The highest BCUT2D eigenvalue weighted by atomic mass is 19.1. The number of fused-ring (bicyclic) bond motifs is 1. The van der Waals surface area contributed by atoms with Crippen LogP contribution in [0.4, 0.5) is 14.9 Å². The molecule has 10 nitrogen and oxygen atoms in total. The van der Waals surface area contributed by atoms with Crippen LogP contribution in [0.25, 0.3) is 0 Å². The summed E-state index contributed by atoms with van der Waals surface area (Å²) in [6.07, 6.45) is 3.25. The second kappa shape index (κ2) is 10.6. The number of nitrogens with zero attached hydrogens (tertiary/aromatic N) is 1. The van der Waals surface area contributed by atoms with Gasteiger partial charge >= 0.3 is 6.03 Å². The maximum absolute atomic E-state index is 13.1. The highest BCUT2D eigenvalue weighted by Crippen LogP contribution is 2.39. The number of rotatable bonds is 7. The fourth-order valence-electron chi connectivity index (χ4n) is 4.46. The Bertz CT molecular complexity index is 1160. The molecule has 1 aliphatic carbocycles. The fraction of sp³-hybridized carbons (Fsp3) is 0.360. The van der Waals surface area contributed by atoms with Crippen molar-refractivity contribution in [1.29, 1.82) is 5.41 Å². The van der Waals surface area contributed by atoms with E-state index in [9.17, 15) is 18.8 Å². The Kier molecular flexibility index (Phi) is 7.37. The molecule has 190 valence electrons. The highest BCUT2D eigenvalue weighted by Gasteiger charge is 2.44. The Morgan fingerprint density at radius 1 is 1.11 bits per heavy atom. The molecule has 2 aromatic carbocycles. The molecule has 4 rings (SSSR count). The van der Waals surface area contributed by atoms with Gasteiger partial charge in [-0.25, -0.2) is 14.1 Å². The van der Waals surface area contributed by atoms with Gasteiger partial charge in [0.15, 0.2) is 18.1 Å². The molecule has 1 saturated heterocycles. The maximum atomic E-state index is 13.1. The van der Waals surface area contributed by atoms with Gasteiger partial charge in [-0.15, -0.1) is 0 Å². The van der Waals surface area contributed by atoms with Crippen LogP contribution in [0.1, 0.15) is 31.2 Å². The van der Waals surface area contributed by atoms with Crippen LogP contribution in [0.15, 0.2) is 36.4 Å². The number of anilines is 1. The van der Waals surface area contributed by atoms with Gasteiger partial charge in [0.05, 0.1) is 20.1 Å².